The van der Waals surface area contributed by atoms with Gasteiger partial charge < -0.3 is 4.74 Å². The van der Waals surface area contributed by atoms with Crippen LogP contribution in [0.2, 0.25) is 0 Å². The second-order valence-electron chi connectivity index (χ2n) is 2.87. The molecule has 0 N–H and O–H groups in total. The lowest BCUT2D eigenvalue weighted by molar-refractivity contribution is 0.299. The molecule has 64 valence electrons. The van der Waals surface area contributed by atoms with Crippen molar-refractivity contribution in [2.45, 2.75) is 18.9 Å². The Labute approximate surface area is 99.2 Å². The standard InChI is InChI=1S/C9H8I2O/c10-7-2-1-3-8(11)9(7)12-6-4-5-6/h1-3,6H,4-5H2. The minimum atomic E-state index is 0.495. The molecule has 12 heavy (non-hydrogen) atoms. The Morgan fingerprint density at radius 1 is 1.17 bits per heavy atom. The Morgan fingerprint density at radius 3 is 2.25 bits per heavy atom. The van der Waals surface area contributed by atoms with Crippen LogP contribution in [-0.4, -0.2) is 6.10 Å². The average molecular weight is 386 g/mol. The minimum Gasteiger partial charge on any atom is -0.488 e. The van der Waals surface area contributed by atoms with E-state index < -0.39 is 0 Å². The van der Waals surface area contributed by atoms with E-state index in [0.29, 0.717) is 6.10 Å². The molecule has 0 aliphatic heterocycles. The predicted octanol–water partition coefficient (Wildman–Crippen LogP) is 3.44. The average Bonchev–Trinajstić information content (AvgIpc) is 2.80. The van der Waals surface area contributed by atoms with Crippen LogP contribution in [0, 0.1) is 7.14 Å². The molecule has 1 aromatic carbocycles. The lowest BCUT2D eigenvalue weighted by atomic mass is 10.3. The Hall–Kier alpha value is 0.480. The predicted molar refractivity (Wildman–Crippen MR) is 65.5 cm³/mol. The van der Waals surface area contributed by atoms with Gasteiger partial charge in [-0.15, -0.1) is 0 Å². The first-order chi connectivity index (χ1) is 5.77. The maximum atomic E-state index is 5.77. The fourth-order valence-corrected chi connectivity index (χ4v) is 2.71. The molecule has 1 nitrogen and oxygen atoms in total. The van der Waals surface area contributed by atoms with Crippen molar-refractivity contribution in [1.29, 1.82) is 0 Å². The number of benzene rings is 1. The molecular weight excluding hydrogens is 378 g/mol. The topological polar surface area (TPSA) is 9.23 Å². The van der Waals surface area contributed by atoms with Crippen LogP contribution in [0.3, 0.4) is 0 Å². The molecule has 0 bridgehead atoms. The summed E-state index contributed by atoms with van der Waals surface area (Å²) in [7, 11) is 0. The zero-order chi connectivity index (χ0) is 8.55. The van der Waals surface area contributed by atoms with E-state index in [0.717, 1.165) is 5.75 Å². The van der Waals surface area contributed by atoms with Crippen molar-refractivity contribution >= 4 is 45.2 Å². The van der Waals surface area contributed by atoms with Gasteiger partial charge >= 0.3 is 0 Å². The number of hydrogen-bond acceptors (Lipinski definition) is 1. The van der Waals surface area contributed by atoms with Gasteiger partial charge in [-0.05, 0) is 70.2 Å². The molecule has 3 heteroatoms. The summed E-state index contributed by atoms with van der Waals surface area (Å²) < 4.78 is 8.20. The van der Waals surface area contributed by atoms with Crippen LogP contribution >= 0.6 is 45.2 Å². The summed E-state index contributed by atoms with van der Waals surface area (Å²) in [4.78, 5) is 0. The Bertz CT molecular complexity index is 274. The van der Waals surface area contributed by atoms with Gasteiger partial charge in [-0.3, -0.25) is 0 Å². The van der Waals surface area contributed by atoms with Gasteiger partial charge in [0.25, 0.3) is 0 Å². The normalized spacial score (nSPS) is 16.2. The smallest absolute Gasteiger partial charge is 0.146 e. The quantitative estimate of drug-likeness (QED) is 0.708. The lowest BCUT2D eigenvalue weighted by Gasteiger charge is -2.08. The molecule has 0 spiro atoms. The van der Waals surface area contributed by atoms with E-state index in [1.807, 2.05) is 0 Å². The second kappa shape index (κ2) is 3.69. The van der Waals surface area contributed by atoms with E-state index in [4.69, 9.17) is 4.74 Å². The van der Waals surface area contributed by atoms with Crippen LogP contribution in [0.5, 0.6) is 5.75 Å². The van der Waals surface area contributed by atoms with E-state index in [2.05, 4.69) is 63.4 Å². The molecule has 0 atom stereocenters. The first-order valence-corrected chi connectivity index (χ1v) is 6.04. The highest BCUT2D eigenvalue weighted by Crippen LogP contribution is 2.33. The summed E-state index contributed by atoms with van der Waals surface area (Å²) in [5.74, 6) is 1.07. The second-order valence-corrected chi connectivity index (χ2v) is 5.19. The maximum absolute atomic E-state index is 5.77. The molecular formula is C9H8I2O. The van der Waals surface area contributed by atoms with Gasteiger partial charge in [0.05, 0.1) is 13.2 Å². The third kappa shape index (κ3) is 2.04. The minimum absolute atomic E-state index is 0.495. The van der Waals surface area contributed by atoms with Crippen molar-refractivity contribution in [3.8, 4) is 5.75 Å². The van der Waals surface area contributed by atoms with E-state index >= 15 is 0 Å². The van der Waals surface area contributed by atoms with Crippen LogP contribution in [-0.2, 0) is 0 Å². The van der Waals surface area contributed by atoms with Crippen LogP contribution < -0.4 is 4.74 Å². The Balaban J connectivity index is 2.26. The van der Waals surface area contributed by atoms with Gasteiger partial charge in [0.1, 0.15) is 5.75 Å². The number of hydrogen-bond donors (Lipinski definition) is 0. The maximum Gasteiger partial charge on any atom is 0.146 e. The van der Waals surface area contributed by atoms with Gasteiger partial charge in [0, 0.05) is 0 Å². The first-order valence-electron chi connectivity index (χ1n) is 3.88. The highest BCUT2D eigenvalue weighted by Gasteiger charge is 2.25. The largest absolute Gasteiger partial charge is 0.488 e. The molecule has 0 aromatic heterocycles. The summed E-state index contributed by atoms with van der Waals surface area (Å²) >= 11 is 4.63. The van der Waals surface area contributed by atoms with E-state index in [1.54, 1.807) is 0 Å². The summed E-state index contributed by atoms with van der Waals surface area (Å²) in [5.41, 5.74) is 0. The summed E-state index contributed by atoms with van der Waals surface area (Å²) in [6.45, 7) is 0. The van der Waals surface area contributed by atoms with Crippen LogP contribution in [0.1, 0.15) is 12.8 Å². The number of halogens is 2. The molecule has 0 saturated heterocycles. The van der Waals surface area contributed by atoms with Crippen molar-refractivity contribution in [2.24, 2.45) is 0 Å². The highest BCUT2D eigenvalue weighted by molar-refractivity contribution is 14.1. The Morgan fingerprint density at radius 2 is 1.75 bits per heavy atom. The fourth-order valence-electron chi connectivity index (χ4n) is 0.948. The summed E-state index contributed by atoms with van der Waals surface area (Å²) in [6, 6.07) is 6.23. The van der Waals surface area contributed by atoms with Gasteiger partial charge in [0.15, 0.2) is 0 Å². The molecule has 1 saturated carbocycles. The van der Waals surface area contributed by atoms with Gasteiger partial charge in [-0.1, -0.05) is 6.07 Å². The summed E-state index contributed by atoms with van der Waals surface area (Å²) in [6.07, 6.45) is 2.94. The lowest BCUT2D eigenvalue weighted by Crippen LogP contribution is -1.99. The third-order valence-electron chi connectivity index (χ3n) is 1.73. The van der Waals surface area contributed by atoms with E-state index in [-0.39, 0.29) is 0 Å². The monoisotopic (exact) mass is 386 g/mol. The van der Waals surface area contributed by atoms with Crippen molar-refractivity contribution in [3.05, 3.63) is 25.3 Å². The van der Waals surface area contributed by atoms with Crippen molar-refractivity contribution in [1.82, 2.24) is 0 Å². The van der Waals surface area contributed by atoms with E-state index in [9.17, 15) is 0 Å². The number of rotatable bonds is 2. The molecule has 0 radical (unpaired) electrons. The van der Waals surface area contributed by atoms with E-state index in [1.165, 1.54) is 20.0 Å². The van der Waals surface area contributed by atoms with Crippen LogP contribution in [0.15, 0.2) is 18.2 Å². The zero-order valence-electron chi connectivity index (χ0n) is 6.39. The number of ether oxygens (including phenoxy) is 1. The fraction of sp³-hybridized carbons (Fsp3) is 0.333. The summed E-state index contributed by atoms with van der Waals surface area (Å²) in [5, 5.41) is 0. The first kappa shape index (κ1) is 9.05. The number of para-hydroxylation sites is 1. The van der Waals surface area contributed by atoms with Gasteiger partial charge in [-0.25, -0.2) is 0 Å². The highest BCUT2D eigenvalue weighted by atomic mass is 127. The molecule has 0 amide bonds. The van der Waals surface area contributed by atoms with Crippen molar-refractivity contribution in [2.75, 3.05) is 0 Å². The third-order valence-corrected chi connectivity index (χ3v) is 3.43. The van der Waals surface area contributed by atoms with Gasteiger partial charge in [0.2, 0.25) is 0 Å². The molecule has 2 rings (SSSR count). The van der Waals surface area contributed by atoms with Crippen LogP contribution in [0.4, 0.5) is 0 Å². The molecule has 0 heterocycles. The molecule has 0 unspecified atom stereocenters. The zero-order valence-corrected chi connectivity index (χ0v) is 10.7. The van der Waals surface area contributed by atoms with Crippen LogP contribution in [0.25, 0.3) is 0 Å². The Kier molecular flexibility index (Phi) is 2.78. The van der Waals surface area contributed by atoms with Gasteiger partial charge in [-0.2, -0.15) is 0 Å². The molecule has 1 aliphatic rings. The molecule has 1 aromatic rings. The van der Waals surface area contributed by atoms with Crippen molar-refractivity contribution < 1.29 is 4.74 Å². The molecule has 1 aliphatic carbocycles. The van der Waals surface area contributed by atoms with Crippen molar-refractivity contribution in [3.63, 3.8) is 0 Å². The molecule has 1 fully saturated rings. The SMILES string of the molecule is Ic1cccc(I)c1OC1CC1.